The molecule has 0 radical (unpaired) electrons. The summed E-state index contributed by atoms with van der Waals surface area (Å²) in [7, 11) is -1.55. The molecule has 0 spiro atoms. The predicted molar refractivity (Wildman–Crippen MR) is 112 cm³/mol. The normalized spacial score (nSPS) is 15.6. The molecule has 0 fully saturated rings. The fraction of sp³-hybridized carbons (Fsp3) is 0.250. The van der Waals surface area contributed by atoms with Gasteiger partial charge in [-0.2, -0.15) is 4.31 Å². The van der Waals surface area contributed by atoms with Crippen LogP contribution in [0, 0.1) is 0 Å². The number of ether oxygens (including phenoxy) is 1. The number of nitrogens with zero attached hydrogens (tertiary/aromatic N) is 2. The molecular weight excluding hydrogens is 398 g/mol. The van der Waals surface area contributed by atoms with E-state index < -0.39 is 10.0 Å². The lowest BCUT2D eigenvalue weighted by Crippen LogP contribution is -2.33. The Kier molecular flexibility index (Phi) is 4.91. The van der Waals surface area contributed by atoms with E-state index in [1.54, 1.807) is 13.3 Å². The fourth-order valence-corrected chi connectivity index (χ4v) is 4.46. The molecule has 0 atom stereocenters. The number of methoxy groups -OCH3 is 1. The zero-order chi connectivity index (χ0) is 19.9. The van der Waals surface area contributed by atoms with Crippen LogP contribution in [-0.2, 0) is 10.0 Å². The van der Waals surface area contributed by atoms with Gasteiger partial charge in [0.15, 0.2) is 0 Å². The third-order valence-corrected chi connectivity index (χ3v) is 6.58. The van der Waals surface area contributed by atoms with E-state index in [1.165, 1.54) is 10.6 Å². The van der Waals surface area contributed by atoms with Gasteiger partial charge in [0, 0.05) is 41.0 Å². The summed E-state index contributed by atoms with van der Waals surface area (Å²) in [5.41, 5.74) is 4.63. The van der Waals surface area contributed by atoms with Gasteiger partial charge in [-0.1, -0.05) is 17.7 Å². The number of nitrogens with one attached hydrogen (secondary N) is 1. The topological polar surface area (TPSA) is 75.3 Å². The van der Waals surface area contributed by atoms with E-state index in [2.05, 4.69) is 16.0 Å². The molecule has 1 N–H and O–H groups in total. The predicted octanol–water partition coefficient (Wildman–Crippen LogP) is 3.94. The fourth-order valence-electron chi connectivity index (χ4n) is 3.47. The Hall–Kier alpha value is -2.35. The van der Waals surface area contributed by atoms with Gasteiger partial charge in [-0.05, 0) is 47.9 Å². The second kappa shape index (κ2) is 7.24. The number of benzene rings is 1. The molecule has 2 aromatic heterocycles. The van der Waals surface area contributed by atoms with Crippen molar-refractivity contribution in [3.63, 3.8) is 0 Å². The standard InChI is InChI=1S/C20H20ClN3O3S/c1-27-14-3-4-18(21)16(11-14)15-5-8-22-20-17(15)12-19(23-20)13-6-9-24(10-7-13)28(2,25)26/h3-6,8,11-12H,7,9-10H2,1-2H3,(H,22,23). The molecule has 8 heteroatoms. The first-order chi connectivity index (χ1) is 13.4. The summed E-state index contributed by atoms with van der Waals surface area (Å²) >= 11 is 6.44. The van der Waals surface area contributed by atoms with Crippen molar-refractivity contribution >= 4 is 38.2 Å². The van der Waals surface area contributed by atoms with Crippen LogP contribution >= 0.6 is 11.6 Å². The Morgan fingerprint density at radius 1 is 1.21 bits per heavy atom. The molecule has 0 saturated heterocycles. The van der Waals surface area contributed by atoms with Gasteiger partial charge in [0.05, 0.1) is 13.4 Å². The molecule has 1 aliphatic heterocycles. The number of hydrogen-bond acceptors (Lipinski definition) is 4. The van der Waals surface area contributed by atoms with Gasteiger partial charge in [0.1, 0.15) is 11.4 Å². The Morgan fingerprint density at radius 2 is 2.04 bits per heavy atom. The van der Waals surface area contributed by atoms with Gasteiger partial charge in [0.2, 0.25) is 10.0 Å². The molecule has 4 rings (SSSR count). The largest absolute Gasteiger partial charge is 0.497 e. The van der Waals surface area contributed by atoms with Crippen molar-refractivity contribution in [1.29, 1.82) is 0 Å². The number of aromatic amines is 1. The second-order valence-corrected chi connectivity index (χ2v) is 9.14. The molecule has 0 amide bonds. The molecule has 3 aromatic rings. The molecule has 3 heterocycles. The van der Waals surface area contributed by atoms with Crippen molar-refractivity contribution in [3.8, 4) is 16.9 Å². The van der Waals surface area contributed by atoms with E-state index >= 15 is 0 Å². The Balaban J connectivity index is 1.76. The third-order valence-electron chi connectivity index (χ3n) is 4.98. The monoisotopic (exact) mass is 417 g/mol. The minimum Gasteiger partial charge on any atom is -0.497 e. The van der Waals surface area contributed by atoms with Crippen LogP contribution in [-0.4, -0.2) is 49.1 Å². The van der Waals surface area contributed by atoms with E-state index in [9.17, 15) is 8.42 Å². The maximum absolute atomic E-state index is 11.7. The molecule has 28 heavy (non-hydrogen) atoms. The lowest BCUT2D eigenvalue weighted by Gasteiger charge is -2.23. The maximum Gasteiger partial charge on any atom is 0.211 e. The summed E-state index contributed by atoms with van der Waals surface area (Å²) in [5.74, 6) is 0.732. The van der Waals surface area contributed by atoms with Gasteiger partial charge in [0.25, 0.3) is 0 Å². The highest BCUT2D eigenvalue weighted by Gasteiger charge is 2.21. The van der Waals surface area contributed by atoms with Crippen LogP contribution in [0.15, 0.2) is 42.6 Å². The highest BCUT2D eigenvalue weighted by atomic mass is 35.5. The summed E-state index contributed by atoms with van der Waals surface area (Å²) in [5, 5.41) is 1.59. The van der Waals surface area contributed by atoms with Gasteiger partial charge in [-0.25, -0.2) is 13.4 Å². The van der Waals surface area contributed by atoms with Crippen LogP contribution in [0.1, 0.15) is 12.1 Å². The van der Waals surface area contributed by atoms with E-state index in [4.69, 9.17) is 16.3 Å². The van der Waals surface area contributed by atoms with Crippen LogP contribution in [0.2, 0.25) is 5.02 Å². The zero-order valence-electron chi connectivity index (χ0n) is 15.6. The number of halogens is 1. The van der Waals surface area contributed by atoms with Crippen molar-refractivity contribution in [2.24, 2.45) is 0 Å². The average Bonchev–Trinajstić information content (AvgIpc) is 3.12. The SMILES string of the molecule is COc1ccc(Cl)c(-c2ccnc3[nH]c(C4=CCN(S(C)(=O)=O)CC4)cc23)c1. The third kappa shape index (κ3) is 3.53. The van der Waals surface area contributed by atoms with Crippen LogP contribution in [0.3, 0.4) is 0 Å². The van der Waals surface area contributed by atoms with E-state index in [0.717, 1.165) is 39.2 Å². The Bertz CT molecular complexity index is 1180. The van der Waals surface area contributed by atoms with Crippen LogP contribution in [0.5, 0.6) is 5.75 Å². The van der Waals surface area contributed by atoms with E-state index in [-0.39, 0.29) is 0 Å². The number of aromatic nitrogens is 2. The van der Waals surface area contributed by atoms with E-state index in [1.807, 2.05) is 30.3 Å². The molecule has 1 aliphatic rings. The zero-order valence-corrected chi connectivity index (χ0v) is 17.1. The first-order valence-corrected chi connectivity index (χ1v) is 11.1. The lowest BCUT2D eigenvalue weighted by molar-refractivity contribution is 0.415. The minimum atomic E-state index is -3.17. The number of H-pyrrole nitrogens is 1. The van der Waals surface area contributed by atoms with Crippen molar-refractivity contribution in [2.45, 2.75) is 6.42 Å². The van der Waals surface area contributed by atoms with Crippen molar-refractivity contribution in [3.05, 3.63) is 53.3 Å². The van der Waals surface area contributed by atoms with Gasteiger partial charge >= 0.3 is 0 Å². The summed E-state index contributed by atoms with van der Waals surface area (Å²) in [4.78, 5) is 7.80. The molecule has 0 saturated carbocycles. The summed E-state index contributed by atoms with van der Waals surface area (Å²) < 4.78 is 30.2. The molecule has 0 bridgehead atoms. The highest BCUT2D eigenvalue weighted by Crippen LogP contribution is 2.36. The maximum atomic E-state index is 11.7. The summed E-state index contributed by atoms with van der Waals surface area (Å²) in [6, 6.07) is 9.54. The smallest absolute Gasteiger partial charge is 0.211 e. The molecule has 146 valence electrons. The van der Waals surface area contributed by atoms with Gasteiger partial charge in [-0.15, -0.1) is 0 Å². The van der Waals surface area contributed by atoms with E-state index in [0.29, 0.717) is 24.5 Å². The lowest BCUT2D eigenvalue weighted by atomic mass is 10.0. The summed E-state index contributed by atoms with van der Waals surface area (Å²) in [6.07, 6.45) is 5.58. The Labute approximate surface area is 168 Å². The first-order valence-electron chi connectivity index (χ1n) is 8.83. The number of sulfonamides is 1. The van der Waals surface area contributed by atoms with Crippen molar-refractivity contribution < 1.29 is 13.2 Å². The number of pyridine rings is 1. The van der Waals surface area contributed by atoms with Crippen LogP contribution in [0.4, 0.5) is 0 Å². The van der Waals surface area contributed by atoms with Gasteiger partial charge in [-0.3, -0.25) is 0 Å². The number of rotatable bonds is 4. The number of fused-ring (bicyclic) bond motifs is 1. The molecule has 0 unspecified atom stereocenters. The van der Waals surface area contributed by atoms with Crippen LogP contribution < -0.4 is 4.74 Å². The molecular formula is C20H20ClN3O3S. The van der Waals surface area contributed by atoms with Gasteiger partial charge < -0.3 is 9.72 Å². The highest BCUT2D eigenvalue weighted by molar-refractivity contribution is 7.88. The van der Waals surface area contributed by atoms with Crippen molar-refractivity contribution in [2.75, 3.05) is 26.5 Å². The molecule has 0 aliphatic carbocycles. The first kappa shape index (κ1) is 19.0. The Morgan fingerprint density at radius 3 is 2.71 bits per heavy atom. The van der Waals surface area contributed by atoms with Crippen LogP contribution in [0.25, 0.3) is 27.7 Å². The summed E-state index contributed by atoms with van der Waals surface area (Å²) in [6.45, 7) is 0.855. The molecule has 1 aromatic carbocycles. The molecule has 6 nitrogen and oxygen atoms in total. The van der Waals surface area contributed by atoms with Crippen molar-refractivity contribution in [1.82, 2.24) is 14.3 Å². The second-order valence-electron chi connectivity index (χ2n) is 6.75. The number of hydrogen-bond donors (Lipinski definition) is 1. The average molecular weight is 418 g/mol. The minimum absolute atomic E-state index is 0.380. The quantitative estimate of drug-likeness (QED) is 0.697.